The van der Waals surface area contributed by atoms with Crippen LogP contribution >= 0.6 is 0 Å². The lowest BCUT2D eigenvalue weighted by Crippen LogP contribution is -2.30. The molecule has 0 spiro atoms. The van der Waals surface area contributed by atoms with E-state index in [1.54, 1.807) is 0 Å². The van der Waals surface area contributed by atoms with Gasteiger partial charge in [0.15, 0.2) is 6.10 Å². The van der Waals surface area contributed by atoms with Crippen LogP contribution in [0.2, 0.25) is 0 Å². The van der Waals surface area contributed by atoms with Crippen LogP contribution in [0.15, 0.2) is 109 Å². The molecular formula is C58H94O6. The number of ether oxygens (including phenoxy) is 3. The molecule has 0 fully saturated rings. The molecule has 362 valence electrons. The van der Waals surface area contributed by atoms with Crippen molar-refractivity contribution in [2.75, 3.05) is 13.2 Å². The Bertz CT molecular complexity index is 1340. The van der Waals surface area contributed by atoms with E-state index in [2.05, 4.69) is 130 Å². The minimum absolute atomic E-state index is 0.107. The number of esters is 3. The number of carbonyl (C=O) groups excluding carboxylic acids is 3. The van der Waals surface area contributed by atoms with E-state index in [0.29, 0.717) is 19.3 Å². The van der Waals surface area contributed by atoms with Gasteiger partial charge in [-0.15, -0.1) is 0 Å². The summed E-state index contributed by atoms with van der Waals surface area (Å²) < 4.78 is 16.7. The number of carbonyl (C=O) groups is 3. The summed E-state index contributed by atoms with van der Waals surface area (Å²) in [5.41, 5.74) is 0. The second-order valence-electron chi connectivity index (χ2n) is 16.7. The molecule has 0 radical (unpaired) electrons. The molecule has 0 rings (SSSR count). The third kappa shape index (κ3) is 49.1. The van der Waals surface area contributed by atoms with Crippen molar-refractivity contribution in [2.24, 2.45) is 0 Å². The smallest absolute Gasteiger partial charge is 0.306 e. The van der Waals surface area contributed by atoms with Crippen LogP contribution in [0.4, 0.5) is 0 Å². The van der Waals surface area contributed by atoms with E-state index in [1.165, 1.54) is 44.9 Å². The van der Waals surface area contributed by atoms with E-state index in [9.17, 15) is 14.4 Å². The fraction of sp³-hybridized carbons (Fsp3) is 0.638. The zero-order valence-electron chi connectivity index (χ0n) is 41.3. The van der Waals surface area contributed by atoms with Crippen LogP contribution in [-0.4, -0.2) is 37.2 Å². The van der Waals surface area contributed by atoms with Crippen molar-refractivity contribution in [3.05, 3.63) is 109 Å². The van der Waals surface area contributed by atoms with Crippen molar-refractivity contribution in [3.8, 4) is 0 Å². The van der Waals surface area contributed by atoms with Gasteiger partial charge in [0.1, 0.15) is 13.2 Å². The van der Waals surface area contributed by atoms with Gasteiger partial charge in [0, 0.05) is 19.3 Å². The molecule has 0 aliphatic heterocycles. The Kier molecular flexibility index (Phi) is 48.5. The van der Waals surface area contributed by atoms with Crippen molar-refractivity contribution in [3.63, 3.8) is 0 Å². The number of rotatable bonds is 45. The number of unbranched alkanes of at least 4 members (excludes halogenated alkanes) is 18. The summed E-state index contributed by atoms with van der Waals surface area (Å²) in [6.45, 7) is 6.31. The van der Waals surface area contributed by atoms with Gasteiger partial charge in [-0.1, -0.05) is 201 Å². The van der Waals surface area contributed by atoms with Gasteiger partial charge >= 0.3 is 17.9 Å². The third-order valence-electron chi connectivity index (χ3n) is 10.6. The van der Waals surface area contributed by atoms with Crippen LogP contribution < -0.4 is 0 Å². The second kappa shape index (κ2) is 51.7. The van der Waals surface area contributed by atoms with Crippen molar-refractivity contribution in [2.45, 2.75) is 226 Å². The summed E-state index contributed by atoms with van der Waals surface area (Å²) in [5.74, 6) is -0.981. The van der Waals surface area contributed by atoms with Crippen LogP contribution in [0.3, 0.4) is 0 Å². The van der Waals surface area contributed by atoms with Crippen LogP contribution in [0.5, 0.6) is 0 Å². The average molecular weight is 887 g/mol. The van der Waals surface area contributed by atoms with Gasteiger partial charge in [-0.05, 0) is 109 Å². The van der Waals surface area contributed by atoms with E-state index in [1.807, 2.05) is 0 Å². The Labute approximate surface area is 393 Å². The van der Waals surface area contributed by atoms with E-state index >= 15 is 0 Å². The van der Waals surface area contributed by atoms with Crippen molar-refractivity contribution in [1.29, 1.82) is 0 Å². The maximum Gasteiger partial charge on any atom is 0.306 e. The summed E-state index contributed by atoms with van der Waals surface area (Å²) in [6, 6.07) is 0. The van der Waals surface area contributed by atoms with Gasteiger partial charge in [0.25, 0.3) is 0 Å². The van der Waals surface area contributed by atoms with Crippen molar-refractivity contribution < 1.29 is 28.6 Å². The largest absolute Gasteiger partial charge is 0.462 e. The van der Waals surface area contributed by atoms with E-state index in [4.69, 9.17) is 14.2 Å². The summed E-state index contributed by atoms with van der Waals surface area (Å²) in [7, 11) is 0. The number of hydrogen-bond acceptors (Lipinski definition) is 6. The lowest BCUT2D eigenvalue weighted by Gasteiger charge is -2.18. The van der Waals surface area contributed by atoms with E-state index in [0.717, 1.165) is 135 Å². The van der Waals surface area contributed by atoms with Crippen LogP contribution in [0.1, 0.15) is 220 Å². The minimum Gasteiger partial charge on any atom is -0.462 e. The standard InChI is InChI=1S/C58H94O6/c1-4-7-10-13-16-19-22-25-27-28-29-30-31-34-36-39-42-45-48-51-57(60)63-54-55(53-62-56(59)50-47-44-41-38-35-32-24-21-18-15-12-9-6-3)64-58(61)52-49-46-43-40-37-33-26-23-20-17-14-11-8-5-2/h7,9-10,12,15-16,18-19,21,24-25,27,29-30,33-34,36-37,55H,4-6,8,11,13-14,17,20,22-23,26,28,31-32,35,38-54H2,1-3H3/b10-7+,12-9+,18-15+,19-16+,24-21+,27-25+,30-29+,36-34+,37-33+. The molecule has 0 saturated carbocycles. The first-order chi connectivity index (χ1) is 31.5. The molecule has 0 aromatic carbocycles. The van der Waals surface area contributed by atoms with Gasteiger partial charge in [-0.25, -0.2) is 0 Å². The average Bonchev–Trinajstić information content (AvgIpc) is 3.29. The first-order valence-corrected chi connectivity index (χ1v) is 25.9. The lowest BCUT2D eigenvalue weighted by molar-refractivity contribution is -0.167. The lowest BCUT2D eigenvalue weighted by atomic mass is 10.1. The third-order valence-corrected chi connectivity index (χ3v) is 10.6. The maximum absolute atomic E-state index is 12.8. The highest BCUT2D eigenvalue weighted by molar-refractivity contribution is 5.71. The van der Waals surface area contributed by atoms with Crippen molar-refractivity contribution in [1.82, 2.24) is 0 Å². The predicted octanol–water partition coefficient (Wildman–Crippen LogP) is 17.1. The first kappa shape index (κ1) is 60.1. The number of hydrogen-bond donors (Lipinski definition) is 0. The molecule has 0 saturated heterocycles. The molecule has 6 nitrogen and oxygen atoms in total. The second-order valence-corrected chi connectivity index (χ2v) is 16.7. The van der Waals surface area contributed by atoms with Gasteiger partial charge in [-0.3, -0.25) is 14.4 Å². The first-order valence-electron chi connectivity index (χ1n) is 25.9. The molecule has 0 aromatic rings. The molecule has 6 heteroatoms. The Morgan fingerprint density at radius 3 is 1.16 bits per heavy atom. The van der Waals surface area contributed by atoms with Gasteiger partial charge < -0.3 is 14.2 Å². The molecule has 1 atom stereocenters. The highest BCUT2D eigenvalue weighted by Gasteiger charge is 2.19. The fourth-order valence-corrected chi connectivity index (χ4v) is 6.70. The molecular weight excluding hydrogens is 793 g/mol. The summed E-state index contributed by atoms with van der Waals surface area (Å²) in [5, 5.41) is 0. The Morgan fingerprint density at radius 1 is 0.344 bits per heavy atom. The molecule has 0 heterocycles. The quantitative estimate of drug-likeness (QED) is 0.0199. The van der Waals surface area contributed by atoms with Crippen LogP contribution in [0, 0.1) is 0 Å². The van der Waals surface area contributed by atoms with Gasteiger partial charge in [-0.2, -0.15) is 0 Å². The Balaban J connectivity index is 4.50. The topological polar surface area (TPSA) is 78.9 Å². The normalized spacial score (nSPS) is 13.0. The molecule has 0 aliphatic rings. The molecule has 0 aliphatic carbocycles. The summed E-state index contributed by atoms with van der Waals surface area (Å²) >= 11 is 0. The molecule has 64 heavy (non-hydrogen) atoms. The van der Waals surface area contributed by atoms with E-state index < -0.39 is 6.10 Å². The Hall–Kier alpha value is -3.93. The molecule has 0 N–H and O–H groups in total. The monoisotopic (exact) mass is 887 g/mol. The van der Waals surface area contributed by atoms with Crippen molar-refractivity contribution >= 4 is 17.9 Å². The van der Waals surface area contributed by atoms with E-state index in [-0.39, 0.29) is 31.1 Å². The molecule has 0 aromatic heterocycles. The zero-order chi connectivity index (χ0) is 46.5. The SMILES string of the molecule is CC/C=C/C=C/C=C/CCCCCCCC(=O)OCC(COC(=O)CCCCC/C=C/C/C=C/C/C=C/C/C=C/C/C=C/CC)OC(=O)CCCCC/C=C/CCCCCCCCC. The minimum atomic E-state index is -0.809. The highest BCUT2D eigenvalue weighted by Crippen LogP contribution is 2.13. The summed E-state index contributed by atoms with van der Waals surface area (Å²) in [4.78, 5) is 38.0. The molecule has 0 bridgehead atoms. The van der Waals surface area contributed by atoms with Gasteiger partial charge in [0.2, 0.25) is 0 Å². The molecule has 0 amide bonds. The fourth-order valence-electron chi connectivity index (χ4n) is 6.70. The van der Waals surface area contributed by atoms with Crippen LogP contribution in [0.25, 0.3) is 0 Å². The van der Waals surface area contributed by atoms with Crippen LogP contribution in [-0.2, 0) is 28.6 Å². The zero-order valence-corrected chi connectivity index (χ0v) is 41.3. The highest BCUT2D eigenvalue weighted by atomic mass is 16.6. The van der Waals surface area contributed by atoms with Gasteiger partial charge in [0.05, 0.1) is 0 Å². The predicted molar refractivity (Wildman–Crippen MR) is 274 cm³/mol. The number of allylic oxidation sites excluding steroid dienone is 18. The molecule has 1 unspecified atom stereocenters. The summed E-state index contributed by atoms with van der Waals surface area (Å²) in [6.07, 6.45) is 69.3. The maximum atomic E-state index is 12.8. The Morgan fingerprint density at radius 2 is 0.688 bits per heavy atom.